The van der Waals surface area contributed by atoms with Crippen LogP contribution in [0, 0.1) is 6.92 Å². The minimum atomic E-state index is -4.04. The molecule has 1 N–H and O–H groups in total. The molecule has 1 aromatic carbocycles. The van der Waals surface area contributed by atoms with Crippen molar-refractivity contribution in [1.82, 2.24) is 4.98 Å². The van der Waals surface area contributed by atoms with Crippen molar-refractivity contribution in [2.75, 3.05) is 18.9 Å². The van der Waals surface area contributed by atoms with Crippen LogP contribution < -0.4 is 19.3 Å². The number of aryl methyl sites for hydroxylation is 1. The summed E-state index contributed by atoms with van der Waals surface area (Å²) in [7, 11) is -1.39. The predicted octanol–water partition coefficient (Wildman–Crippen LogP) is 1.03. The maximum Gasteiger partial charge on any atom is 0.267 e. The first-order valence-corrected chi connectivity index (χ1v) is 9.23. The van der Waals surface area contributed by atoms with Gasteiger partial charge in [0, 0.05) is 5.38 Å². The summed E-state index contributed by atoms with van der Waals surface area (Å²) in [5.41, 5.74) is 0.968. The van der Waals surface area contributed by atoms with Gasteiger partial charge in [0.05, 0.1) is 25.9 Å². The van der Waals surface area contributed by atoms with Gasteiger partial charge < -0.3 is 19.4 Å². The molecule has 0 fully saturated rings. The predicted molar refractivity (Wildman–Crippen MR) is 91.2 cm³/mol. The van der Waals surface area contributed by atoms with E-state index in [1.165, 1.54) is 32.4 Å². The highest BCUT2D eigenvalue weighted by molar-refractivity contribution is 7.93. The molecule has 0 atom stereocenters. The van der Waals surface area contributed by atoms with E-state index in [2.05, 4.69) is 9.71 Å². The van der Waals surface area contributed by atoms with Gasteiger partial charge in [-0.3, -0.25) is 4.72 Å². The smallest absolute Gasteiger partial charge is 0.267 e. The number of carboxylic acid groups (broad SMARTS) is 1. The van der Waals surface area contributed by atoms with Gasteiger partial charge in [0.15, 0.2) is 16.6 Å². The van der Waals surface area contributed by atoms with Crippen LogP contribution in [0.2, 0.25) is 0 Å². The lowest BCUT2D eigenvalue weighted by atomic mass is 10.2. The first-order chi connectivity index (χ1) is 11.8. The van der Waals surface area contributed by atoms with Crippen LogP contribution in [0.5, 0.6) is 11.5 Å². The number of sulfonamides is 1. The monoisotopic (exact) mass is 383 g/mol. The Kier molecular flexibility index (Phi) is 5.65. The third-order valence-electron chi connectivity index (χ3n) is 3.01. The summed E-state index contributed by atoms with van der Waals surface area (Å²) in [4.78, 5) is 14.4. The van der Waals surface area contributed by atoms with E-state index in [0.717, 1.165) is 17.4 Å². The Balaban J connectivity index is 2.56. The number of benzene rings is 1. The standard InChI is InChI=1S/C15H16N2O6S2/c1-9-8-24-15(16-9)17-25(20,21)12-7-10(4-5-13(18)19)6-11(22-2)14(12)23-3/h4-8H,1-3H3,(H,16,17)(H,18,19)/p-1/b5-4+. The molecule has 0 bridgehead atoms. The van der Waals surface area contributed by atoms with Crippen molar-refractivity contribution in [3.05, 3.63) is 34.8 Å². The number of carboxylic acids is 1. The Morgan fingerprint density at radius 3 is 2.56 bits per heavy atom. The Morgan fingerprint density at radius 2 is 2.04 bits per heavy atom. The topological polar surface area (TPSA) is 118 Å². The largest absolute Gasteiger partial charge is 0.545 e. The molecule has 0 saturated carbocycles. The fraction of sp³-hybridized carbons (Fsp3) is 0.200. The second-order valence-electron chi connectivity index (χ2n) is 4.81. The highest BCUT2D eigenvalue weighted by Crippen LogP contribution is 2.37. The third-order valence-corrected chi connectivity index (χ3v) is 5.36. The number of carbonyl (C=O) groups excluding carboxylic acids is 1. The molecule has 0 aliphatic heterocycles. The molecule has 10 heteroatoms. The molecule has 1 heterocycles. The number of thiazole rings is 1. The lowest BCUT2D eigenvalue weighted by molar-refractivity contribution is -0.297. The lowest BCUT2D eigenvalue weighted by Gasteiger charge is -2.14. The summed E-state index contributed by atoms with van der Waals surface area (Å²) < 4.78 is 38.1. The molecule has 0 aliphatic rings. The van der Waals surface area contributed by atoms with Gasteiger partial charge in [-0.25, -0.2) is 13.4 Å². The Bertz CT molecular complexity index is 918. The number of aromatic nitrogens is 1. The van der Waals surface area contributed by atoms with E-state index in [0.29, 0.717) is 5.69 Å². The number of ether oxygens (including phenoxy) is 2. The van der Waals surface area contributed by atoms with E-state index < -0.39 is 16.0 Å². The summed E-state index contributed by atoms with van der Waals surface area (Å²) in [6, 6.07) is 2.72. The zero-order valence-corrected chi connectivity index (χ0v) is 15.2. The molecule has 0 spiro atoms. The fourth-order valence-electron chi connectivity index (χ4n) is 1.98. The van der Waals surface area contributed by atoms with Crippen molar-refractivity contribution in [3.8, 4) is 11.5 Å². The molecule has 134 valence electrons. The minimum Gasteiger partial charge on any atom is -0.545 e. The molecular weight excluding hydrogens is 368 g/mol. The number of carbonyl (C=O) groups is 1. The van der Waals surface area contributed by atoms with Crippen LogP contribution in [-0.2, 0) is 14.8 Å². The molecular formula is C15H15N2O6S2-. The van der Waals surface area contributed by atoms with E-state index in [-0.39, 0.29) is 27.1 Å². The first kappa shape index (κ1) is 18.7. The van der Waals surface area contributed by atoms with Crippen molar-refractivity contribution in [1.29, 1.82) is 0 Å². The van der Waals surface area contributed by atoms with Crippen LogP contribution in [0.25, 0.3) is 6.08 Å². The lowest BCUT2D eigenvalue weighted by Crippen LogP contribution is -2.18. The van der Waals surface area contributed by atoms with E-state index in [4.69, 9.17) is 9.47 Å². The molecule has 2 rings (SSSR count). The number of methoxy groups -OCH3 is 2. The maximum atomic E-state index is 12.7. The SMILES string of the molecule is COc1cc(/C=C/C(=O)[O-])cc(S(=O)(=O)Nc2nc(C)cs2)c1OC. The zero-order valence-electron chi connectivity index (χ0n) is 13.6. The molecule has 2 aromatic rings. The van der Waals surface area contributed by atoms with Crippen LogP contribution in [0.15, 0.2) is 28.5 Å². The Labute approximate surface area is 148 Å². The van der Waals surface area contributed by atoms with Crippen LogP contribution >= 0.6 is 11.3 Å². The molecule has 25 heavy (non-hydrogen) atoms. The number of hydrogen-bond acceptors (Lipinski definition) is 8. The van der Waals surface area contributed by atoms with Gasteiger partial charge in [0.1, 0.15) is 4.90 Å². The molecule has 0 amide bonds. The van der Waals surface area contributed by atoms with Gasteiger partial charge in [-0.1, -0.05) is 6.08 Å². The fourth-order valence-corrected chi connectivity index (χ4v) is 4.14. The molecule has 0 radical (unpaired) electrons. The van der Waals surface area contributed by atoms with Crippen LogP contribution in [0.3, 0.4) is 0 Å². The van der Waals surface area contributed by atoms with Gasteiger partial charge in [-0.15, -0.1) is 11.3 Å². The van der Waals surface area contributed by atoms with Crippen molar-refractivity contribution in [2.45, 2.75) is 11.8 Å². The average Bonchev–Trinajstić information content (AvgIpc) is 2.95. The van der Waals surface area contributed by atoms with Crippen molar-refractivity contribution < 1.29 is 27.8 Å². The summed E-state index contributed by atoms with van der Waals surface area (Å²) in [6.45, 7) is 1.74. The minimum absolute atomic E-state index is 0.00567. The highest BCUT2D eigenvalue weighted by Gasteiger charge is 2.24. The number of hydrogen-bond donors (Lipinski definition) is 1. The van der Waals surface area contributed by atoms with E-state index >= 15 is 0 Å². The van der Waals surface area contributed by atoms with Gasteiger partial charge in [-0.2, -0.15) is 0 Å². The normalized spacial score (nSPS) is 11.5. The summed E-state index contributed by atoms with van der Waals surface area (Å²) >= 11 is 1.14. The number of anilines is 1. The Morgan fingerprint density at radius 1 is 1.32 bits per heavy atom. The number of rotatable bonds is 7. The van der Waals surface area contributed by atoms with Crippen LogP contribution in [0.1, 0.15) is 11.3 Å². The second-order valence-corrected chi connectivity index (χ2v) is 7.32. The maximum absolute atomic E-state index is 12.7. The van der Waals surface area contributed by atoms with Crippen molar-refractivity contribution in [3.63, 3.8) is 0 Å². The number of aliphatic carboxylic acids is 1. The van der Waals surface area contributed by atoms with E-state index in [9.17, 15) is 18.3 Å². The average molecular weight is 383 g/mol. The van der Waals surface area contributed by atoms with E-state index in [1.54, 1.807) is 12.3 Å². The third kappa shape index (κ3) is 4.48. The van der Waals surface area contributed by atoms with Crippen molar-refractivity contribution in [2.24, 2.45) is 0 Å². The Hall–Kier alpha value is -2.59. The molecule has 0 aliphatic carbocycles. The van der Waals surface area contributed by atoms with Crippen LogP contribution in [0.4, 0.5) is 5.13 Å². The second kappa shape index (κ2) is 7.53. The highest BCUT2D eigenvalue weighted by atomic mass is 32.2. The van der Waals surface area contributed by atoms with Gasteiger partial charge in [-0.05, 0) is 30.7 Å². The van der Waals surface area contributed by atoms with Gasteiger partial charge >= 0.3 is 0 Å². The van der Waals surface area contributed by atoms with E-state index in [1.807, 2.05) is 0 Å². The van der Waals surface area contributed by atoms with Gasteiger partial charge in [0.25, 0.3) is 10.0 Å². The number of nitrogens with one attached hydrogen (secondary N) is 1. The van der Waals surface area contributed by atoms with Crippen LogP contribution in [-0.4, -0.2) is 33.6 Å². The van der Waals surface area contributed by atoms with Crippen molar-refractivity contribution >= 4 is 38.5 Å². The van der Waals surface area contributed by atoms with Gasteiger partial charge in [0.2, 0.25) is 0 Å². The molecule has 8 nitrogen and oxygen atoms in total. The summed E-state index contributed by atoms with van der Waals surface area (Å²) in [5, 5.41) is 12.5. The molecule has 0 unspecified atom stereocenters. The first-order valence-electron chi connectivity index (χ1n) is 6.87. The number of nitrogens with zero attached hydrogens (tertiary/aromatic N) is 1. The zero-order chi connectivity index (χ0) is 18.6. The summed E-state index contributed by atoms with van der Waals surface area (Å²) in [6.07, 6.45) is 1.99. The quantitative estimate of drug-likeness (QED) is 0.710. The molecule has 1 aromatic heterocycles. The molecule has 0 saturated heterocycles. The summed E-state index contributed by atoms with van der Waals surface area (Å²) in [5.74, 6) is -1.27.